The molecule has 1 fully saturated rings. The summed E-state index contributed by atoms with van der Waals surface area (Å²) >= 11 is 0. The lowest BCUT2D eigenvalue weighted by molar-refractivity contribution is -0.196. The van der Waals surface area contributed by atoms with Gasteiger partial charge in [-0.3, -0.25) is 0 Å². The second-order valence-electron chi connectivity index (χ2n) is 7.28. The zero-order chi connectivity index (χ0) is 17.3. The molecule has 1 aliphatic heterocycles. The van der Waals surface area contributed by atoms with Crippen molar-refractivity contribution in [3.8, 4) is 0 Å². The third-order valence-corrected chi connectivity index (χ3v) is 4.70. The van der Waals surface area contributed by atoms with Gasteiger partial charge in [-0.15, -0.1) is 4.95 Å². The summed E-state index contributed by atoms with van der Waals surface area (Å²) in [5.74, 6) is -0.384. The number of hydrogen-bond acceptors (Lipinski definition) is 4. The highest BCUT2D eigenvalue weighted by Gasteiger charge is 2.51. The van der Waals surface area contributed by atoms with Crippen LogP contribution in [0.4, 0.5) is 4.39 Å². The molecule has 1 aromatic heterocycles. The zero-order valence-corrected chi connectivity index (χ0v) is 14.0. The van der Waals surface area contributed by atoms with Crippen molar-refractivity contribution in [2.24, 2.45) is 11.0 Å². The Labute approximate surface area is 136 Å². The minimum Gasteiger partial charge on any atom is -0.313 e. The van der Waals surface area contributed by atoms with Crippen LogP contribution in [0.2, 0.25) is 0 Å². The number of rotatable bonds is 4. The summed E-state index contributed by atoms with van der Waals surface area (Å²) in [6, 6.07) is 4.62. The molecule has 5 nitrogen and oxygen atoms in total. The Morgan fingerprint density at radius 2 is 2.17 bits per heavy atom. The van der Waals surface area contributed by atoms with Crippen molar-refractivity contribution >= 4 is 5.71 Å². The molecule has 1 N–H and O–H groups in total. The fourth-order valence-electron chi connectivity index (χ4n) is 3.48. The number of hydroxylamine groups is 2. The molecule has 0 saturated carbocycles. The zero-order valence-electron chi connectivity index (χ0n) is 14.0. The highest BCUT2D eigenvalue weighted by atomic mass is 19.1. The van der Waals surface area contributed by atoms with Gasteiger partial charge in [0.1, 0.15) is 5.71 Å². The van der Waals surface area contributed by atoms with Gasteiger partial charge in [0.2, 0.25) is 5.95 Å². The Bertz CT molecular complexity index is 648. The van der Waals surface area contributed by atoms with E-state index in [1.54, 1.807) is 12.1 Å². The minimum absolute atomic E-state index is 0.150. The van der Waals surface area contributed by atoms with E-state index in [2.05, 4.69) is 15.0 Å². The van der Waals surface area contributed by atoms with Crippen molar-refractivity contribution in [2.75, 3.05) is 0 Å². The van der Waals surface area contributed by atoms with E-state index in [9.17, 15) is 9.60 Å². The maximum atomic E-state index is 13.2. The highest BCUT2D eigenvalue weighted by molar-refractivity contribution is 5.87. The quantitative estimate of drug-likeness (QED) is 0.399. The van der Waals surface area contributed by atoms with Gasteiger partial charge in [-0.2, -0.15) is 16.0 Å². The van der Waals surface area contributed by atoms with Crippen LogP contribution in [0.25, 0.3) is 4.95 Å². The van der Waals surface area contributed by atoms with Gasteiger partial charge in [-0.1, -0.05) is 6.07 Å². The van der Waals surface area contributed by atoms with Gasteiger partial charge in [0.05, 0.1) is 5.10 Å². The standard InChI is InChI=1S/C17H23FN4O/c1-16(2)11-12(17(3,4)22(16)23)9-14(21-19-5)10-13-7-6-8-15(18)20-13/h6-8,12,23H,9-11H2,1-4H3/b21-14-. The lowest BCUT2D eigenvalue weighted by Crippen LogP contribution is -2.47. The first kappa shape index (κ1) is 17.5. The highest BCUT2D eigenvalue weighted by Crippen LogP contribution is 2.45. The molecule has 0 aromatic carbocycles. The maximum Gasteiger partial charge on any atom is 0.213 e. The second kappa shape index (κ2) is 6.34. The number of aromatic nitrogens is 1. The van der Waals surface area contributed by atoms with E-state index in [1.807, 2.05) is 27.7 Å². The number of nitrogens with zero attached hydrogens (tertiary/aromatic N) is 4. The van der Waals surface area contributed by atoms with Crippen molar-refractivity contribution in [1.82, 2.24) is 10.0 Å². The monoisotopic (exact) mass is 318 g/mol. The van der Waals surface area contributed by atoms with Crippen LogP contribution in [0.15, 0.2) is 23.3 Å². The van der Waals surface area contributed by atoms with Crippen LogP contribution >= 0.6 is 0 Å². The molecule has 6 heteroatoms. The molecule has 2 heterocycles. The van der Waals surface area contributed by atoms with E-state index >= 15 is 0 Å². The van der Waals surface area contributed by atoms with Gasteiger partial charge in [-0.05, 0) is 58.6 Å². The molecule has 0 spiro atoms. The van der Waals surface area contributed by atoms with Gasteiger partial charge < -0.3 is 5.21 Å². The molecule has 23 heavy (non-hydrogen) atoms. The van der Waals surface area contributed by atoms with Crippen LogP contribution in [-0.2, 0) is 6.42 Å². The Morgan fingerprint density at radius 1 is 1.48 bits per heavy atom. The van der Waals surface area contributed by atoms with Crippen LogP contribution < -0.4 is 0 Å². The third-order valence-electron chi connectivity index (χ3n) is 4.70. The first-order chi connectivity index (χ1) is 10.7. The largest absolute Gasteiger partial charge is 0.313 e. The van der Waals surface area contributed by atoms with Crippen LogP contribution in [0.1, 0.15) is 46.2 Å². The fourth-order valence-corrected chi connectivity index (χ4v) is 3.48. The summed E-state index contributed by atoms with van der Waals surface area (Å²) < 4.78 is 13.2. The summed E-state index contributed by atoms with van der Waals surface area (Å²) in [7, 11) is 0. The Balaban J connectivity index is 2.18. The summed E-state index contributed by atoms with van der Waals surface area (Å²) in [5, 5.41) is 15.7. The second-order valence-corrected chi connectivity index (χ2v) is 7.28. The molecule has 1 aliphatic rings. The van der Waals surface area contributed by atoms with E-state index in [-0.39, 0.29) is 11.5 Å². The van der Waals surface area contributed by atoms with Gasteiger partial charge in [-0.25, -0.2) is 4.98 Å². The number of hydrogen-bond donors (Lipinski definition) is 1. The van der Waals surface area contributed by atoms with Crippen molar-refractivity contribution in [3.05, 3.63) is 41.4 Å². The number of pyridine rings is 1. The third kappa shape index (κ3) is 3.74. The molecule has 1 aromatic rings. The van der Waals surface area contributed by atoms with E-state index < -0.39 is 11.5 Å². The molecule has 1 atom stereocenters. The summed E-state index contributed by atoms with van der Waals surface area (Å²) in [6.45, 7) is 15.0. The van der Waals surface area contributed by atoms with Crippen molar-refractivity contribution in [2.45, 2.75) is 58.0 Å². The predicted molar refractivity (Wildman–Crippen MR) is 86.4 cm³/mol. The molecule has 0 bridgehead atoms. The predicted octanol–water partition coefficient (Wildman–Crippen LogP) is 3.70. The average Bonchev–Trinajstić information content (AvgIpc) is 2.59. The normalized spacial score (nSPS) is 23.7. The van der Waals surface area contributed by atoms with Crippen molar-refractivity contribution in [1.29, 1.82) is 0 Å². The molecule has 0 radical (unpaired) electrons. The van der Waals surface area contributed by atoms with Gasteiger partial charge in [0, 0.05) is 23.2 Å². The van der Waals surface area contributed by atoms with E-state index in [0.717, 1.165) is 6.42 Å². The first-order valence-corrected chi connectivity index (χ1v) is 7.69. The van der Waals surface area contributed by atoms with Gasteiger partial charge in [0.25, 0.3) is 0 Å². The summed E-state index contributed by atoms with van der Waals surface area (Å²) in [4.78, 5) is 6.98. The van der Waals surface area contributed by atoms with Crippen LogP contribution in [0.5, 0.6) is 0 Å². The van der Waals surface area contributed by atoms with Crippen LogP contribution in [0.3, 0.4) is 0 Å². The van der Waals surface area contributed by atoms with E-state index in [4.69, 9.17) is 6.57 Å². The fraction of sp³-hybridized carbons (Fsp3) is 0.588. The Kier molecular flexibility index (Phi) is 4.83. The molecule has 124 valence electrons. The van der Waals surface area contributed by atoms with E-state index in [1.165, 1.54) is 11.1 Å². The Morgan fingerprint density at radius 3 is 2.70 bits per heavy atom. The summed E-state index contributed by atoms with van der Waals surface area (Å²) in [5.41, 5.74) is 0.487. The van der Waals surface area contributed by atoms with Crippen molar-refractivity contribution in [3.63, 3.8) is 0 Å². The molecule has 2 rings (SSSR count). The van der Waals surface area contributed by atoms with Crippen LogP contribution in [-0.4, -0.2) is 32.0 Å². The van der Waals surface area contributed by atoms with Crippen LogP contribution in [0, 0.1) is 18.4 Å². The minimum atomic E-state index is -0.534. The number of halogens is 1. The molecule has 1 unspecified atom stereocenters. The lowest BCUT2D eigenvalue weighted by Gasteiger charge is -2.36. The topological polar surface area (TPSA) is 53.1 Å². The van der Waals surface area contributed by atoms with Gasteiger partial charge >= 0.3 is 0 Å². The molecule has 1 saturated heterocycles. The van der Waals surface area contributed by atoms with E-state index in [0.29, 0.717) is 24.2 Å². The molecule has 0 amide bonds. The van der Waals surface area contributed by atoms with Gasteiger partial charge in [0.15, 0.2) is 0 Å². The smallest absolute Gasteiger partial charge is 0.213 e. The van der Waals surface area contributed by atoms with Crippen molar-refractivity contribution < 1.29 is 9.60 Å². The first-order valence-electron chi connectivity index (χ1n) is 7.69. The summed E-state index contributed by atoms with van der Waals surface area (Å²) in [6.07, 6.45) is 1.72. The Hall–Kier alpha value is -1.84. The SMILES string of the molecule is [C-]#[N+]/N=C(\Cc1cccc(F)n1)CC1CC(C)(C)N(O)C1(C)C. The maximum absolute atomic E-state index is 13.2. The molecular weight excluding hydrogens is 295 g/mol. The molecular formula is C17H23FN4O. The molecule has 0 aliphatic carbocycles. The lowest BCUT2D eigenvalue weighted by atomic mass is 9.82. The average molecular weight is 318 g/mol.